The summed E-state index contributed by atoms with van der Waals surface area (Å²) >= 11 is 0. The molecule has 0 radical (unpaired) electrons. The summed E-state index contributed by atoms with van der Waals surface area (Å²) in [6, 6.07) is 0.427. The zero-order valence-corrected chi connectivity index (χ0v) is 12.1. The molecule has 0 amide bonds. The molecule has 0 aromatic heterocycles. The van der Waals surface area contributed by atoms with Crippen LogP contribution in [0, 0.1) is 5.92 Å². The van der Waals surface area contributed by atoms with E-state index in [0.29, 0.717) is 18.5 Å². The first-order chi connectivity index (χ1) is 7.94. The number of sulfone groups is 1. The second kappa shape index (κ2) is 6.71. The lowest BCUT2D eigenvalue weighted by atomic mass is 9.90. The van der Waals surface area contributed by atoms with Crippen molar-refractivity contribution in [3.05, 3.63) is 0 Å². The van der Waals surface area contributed by atoms with Crippen molar-refractivity contribution < 1.29 is 8.42 Å². The highest BCUT2D eigenvalue weighted by molar-refractivity contribution is 7.91. The fourth-order valence-corrected chi connectivity index (χ4v) is 3.00. The summed E-state index contributed by atoms with van der Waals surface area (Å²) in [6.45, 7) is 6.78. The van der Waals surface area contributed by atoms with Crippen LogP contribution in [0.4, 0.5) is 0 Å². The van der Waals surface area contributed by atoms with Gasteiger partial charge in [0, 0.05) is 18.3 Å². The van der Waals surface area contributed by atoms with Crippen molar-refractivity contribution in [2.45, 2.75) is 32.7 Å². The van der Waals surface area contributed by atoms with Gasteiger partial charge in [0.25, 0.3) is 0 Å². The summed E-state index contributed by atoms with van der Waals surface area (Å²) in [5, 5.41) is 3.36. The lowest BCUT2D eigenvalue weighted by Crippen LogP contribution is -2.42. The molecule has 17 heavy (non-hydrogen) atoms. The summed E-state index contributed by atoms with van der Waals surface area (Å²) in [6.07, 6.45) is 2.43. The standard InChI is InChI=1S/C12H26N2O2S/c1-4-17(15,16)10-7-13-11(2)12-5-8-14(3)9-6-12/h11-13H,4-10H2,1-3H3. The Labute approximate surface area is 106 Å². The lowest BCUT2D eigenvalue weighted by Gasteiger charge is -2.33. The third-order valence-corrected chi connectivity index (χ3v) is 5.50. The van der Waals surface area contributed by atoms with Crippen molar-refractivity contribution in [3.8, 4) is 0 Å². The van der Waals surface area contributed by atoms with Gasteiger partial charge < -0.3 is 10.2 Å². The summed E-state index contributed by atoms with van der Waals surface area (Å²) in [5.74, 6) is 1.20. The summed E-state index contributed by atoms with van der Waals surface area (Å²) in [7, 11) is -0.670. The average molecular weight is 262 g/mol. The minimum absolute atomic E-state index is 0.247. The SMILES string of the molecule is CCS(=O)(=O)CCNC(C)C1CCN(C)CC1. The van der Waals surface area contributed by atoms with E-state index >= 15 is 0 Å². The van der Waals surface area contributed by atoms with Gasteiger partial charge in [-0.3, -0.25) is 0 Å². The van der Waals surface area contributed by atoms with Gasteiger partial charge in [0.05, 0.1) is 5.75 Å². The van der Waals surface area contributed by atoms with Crippen LogP contribution in [0.5, 0.6) is 0 Å². The molecule has 1 N–H and O–H groups in total. The molecule has 1 fully saturated rings. The summed E-state index contributed by atoms with van der Waals surface area (Å²) < 4.78 is 22.7. The molecule has 5 heteroatoms. The highest BCUT2D eigenvalue weighted by atomic mass is 32.2. The van der Waals surface area contributed by atoms with Crippen LogP contribution in [-0.2, 0) is 9.84 Å². The molecule has 0 aliphatic carbocycles. The second-order valence-electron chi connectivity index (χ2n) is 5.12. The number of rotatable bonds is 6. The first-order valence-corrected chi connectivity index (χ1v) is 8.39. The maximum absolute atomic E-state index is 11.4. The number of hydrogen-bond donors (Lipinski definition) is 1. The molecule has 102 valence electrons. The summed E-state index contributed by atoms with van der Waals surface area (Å²) in [5.41, 5.74) is 0. The Kier molecular flexibility index (Phi) is 5.89. The van der Waals surface area contributed by atoms with Crippen LogP contribution < -0.4 is 5.32 Å². The van der Waals surface area contributed by atoms with Crippen molar-refractivity contribution in [2.75, 3.05) is 38.2 Å². The van der Waals surface area contributed by atoms with Crippen LogP contribution >= 0.6 is 0 Å². The molecule has 1 unspecified atom stereocenters. The highest BCUT2D eigenvalue weighted by Gasteiger charge is 2.22. The second-order valence-corrected chi connectivity index (χ2v) is 7.59. The Bertz CT molecular complexity index is 308. The van der Waals surface area contributed by atoms with E-state index in [2.05, 4.69) is 24.2 Å². The van der Waals surface area contributed by atoms with E-state index in [1.54, 1.807) is 6.92 Å². The Morgan fingerprint density at radius 3 is 2.47 bits per heavy atom. The van der Waals surface area contributed by atoms with E-state index in [4.69, 9.17) is 0 Å². The Hall–Kier alpha value is -0.130. The smallest absolute Gasteiger partial charge is 0.151 e. The van der Waals surface area contributed by atoms with Gasteiger partial charge in [-0.15, -0.1) is 0 Å². The first-order valence-electron chi connectivity index (χ1n) is 6.57. The highest BCUT2D eigenvalue weighted by Crippen LogP contribution is 2.19. The summed E-state index contributed by atoms with van der Waals surface area (Å²) in [4.78, 5) is 2.35. The van der Waals surface area contributed by atoms with Crippen molar-refractivity contribution in [3.63, 3.8) is 0 Å². The Morgan fingerprint density at radius 2 is 1.94 bits per heavy atom. The van der Waals surface area contributed by atoms with Gasteiger partial charge in [-0.2, -0.15) is 0 Å². The van der Waals surface area contributed by atoms with E-state index in [1.165, 1.54) is 12.8 Å². The Balaban J connectivity index is 2.23. The van der Waals surface area contributed by atoms with Crippen LogP contribution in [-0.4, -0.2) is 57.5 Å². The third kappa shape index (κ3) is 5.36. The molecule has 0 saturated carbocycles. The van der Waals surface area contributed by atoms with Crippen LogP contribution in [0.25, 0.3) is 0 Å². The molecule has 0 aromatic carbocycles. The van der Waals surface area contributed by atoms with Gasteiger partial charge >= 0.3 is 0 Å². The number of piperidine rings is 1. The quantitative estimate of drug-likeness (QED) is 0.767. The lowest BCUT2D eigenvalue weighted by molar-refractivity contribution is 0.191. The number of likely N-dealkylation sites (tertiary alicyclic amines) is 1. The van der Waals surface area contributed by atoms with E-state index in [-0.39, 0.29) is 11.5 Å². The molecule has 1 aliphatic heterocycles. The molecule has 1 atom stereocenters. The number of nitrogens with zero attached hydrogens (tertiary/aromatic N) is 1. The fourth-order valence-electron chi connectivity index (χ4n) is 2.28. The molecule has 1 saturated heterocycles. The molecule has 1 aliphatic rings. The van der Waals surface area contributed by atoms with E-state index in [1.807, 2.05) is 0 Å². The third-order valence-electron chi connectivity index (χ3n) is 3.79. The normalized spacial score (nSPS) is 21.6. The molecular formula is C12H26N2O2S. The number of hydrogen-bond acceptors (Lipinski definition) is 4. The maximum atomic E-state index is 11.4. The average Bonchev–Trinajstić information content (AvgIpc) is 2.29. The van der Waals surface area contributed by atoms with Crippen molar-refractivity contribution in [1.82, 2.24) is 10.2 Å². The molecule has 1 rings (SSSR count). The van der Waals surface area contributed by atoms with Gasteiger partial charge in [-0.25, -0.2) is 8.42 Å². The Morgan fingerprint density at radius 1 is 1.35 bits per heavy atom. The predicted octanol–water partition coefficient (Wildman–Crippen LogP) is 0.741. The minimum atomic E-state index is -2.83. The minimum Gasteiger partial charge on any atom is -0.313 e. The van der Waals surface area contributed by atoms with Crippen molar-refractivity contribution in [2.24, 2.45) is 5.92 Å². The molecule has 0 spiro atoms. The largest absolute Gasteiger partial charge is 0.313 e. The van der Waals surface area contributed by atoms with E-state index < -0.39 is 9.84 Å². The molecule has 0 bridgehead atoms. The van der Waals surface area contributed by atoms with Gasteiger partial charge in [0.15, 0.2) is 9.84 Å². The van der Waals surface area contributed by atoms with Crippen LogP contribution in [0.15, 0.2) is 0 Å². The molecule has 1 heterocycles. The van der Waals surface area contributed by atoms with Crippen LogP contribution in [0.1, 0.15) is 26.7 Å². The zero-order valence-electron chi connectivity index (χ0n) is 11.3. The fraction of sp³-hybridized carbons (Fsp3) is 1.00. The zero-order chi connectivity index (χ0) is 12.9. The van der Waals surface area contributed by atoms with Crippen molar-refractivity contribution in [1.29, 1.82) is 0 Å². The first kappa shape index (κ1) is 14.9. The number of nitrogens with one attached hydrogen (secondary N) is 1. The van der Waals surface area contributed by atoms with Gasteiger partial charge in [-0.05, 0) is 45.8 Å². The maximum Gasteiger partial charge on any atom is 0.151 e. The molecule has 4 nitrogen and oxygen atoms in total. The predicted molar refractivity (Wildman–Crippen MR) is 72.0 cm³/mol. The van der Waals surface area contributed by atoms with Gasteiger partial charge in [0.2, 0.25) is 0 Å². The van der Waals surface area contributed by atoms with Gasteiger partial charge in [0.1, 0.15) is 0 Å². The monoisotopic (exact) mass is 262 g/mol. The topological polar surface area (TPSA) is 49.4 Å². The van der Waals surface area contributed by atoms with Crippen LogP contribution in [0.2, 0.25) is 0 Å². The van der Waals surface area contributed by atoms with E-state index in [0.717, 1.165) is 13.1 Å². The molecular weight excluding hydrogens is 236 g/mol. The van der Waals surface area contributed by atoms with Crippen LogP contribution in [0.3, 0.4) is 0 Å². The van der Waals surface area contributed by atoms with Crippen molar-refractivity contribution >= 4 is 9.84 Å². The van der Waals surface area contributed by atoms with Gasteiger partial charge in [-0.1, -0.05) is 6.92 Å². The van der Waals surface area contributed by atoms with E-state index in [9.17, 15) is 8.42 Å². The molecule has 0 aromatic rings.